The molecule has 0 atom stereocenters. The van der Waals surface area contributed by atoms with E-state index in [4.69, 9.17) is 4.74 Å². The number of aromatic nitrogens is 1. The van der Waals surface area contributed by atoms with Gasteiger partial charge in [-0.05, 0) is 55.3 Å². The second kappa shape index (κ2) is 9.09. The summed E-state index contributed by atoms with van der Waals surface area (Å²) in [5.41, 5.74) is 3.37. The Morgan fingerprint density at radius 1 is 1.17 bits per heavy atom. The highest BCUT2D eigenvalue weighted by Crippen LogP contribution is 2.21. The number of nitrogens with zero attached hydrogens (tertiary/aromatic N) is 2. The maximum absolute atomic E-state index is 12.4. The largest absolute Gasteiger partial charge is 0.487 e. The molecule has 0 bridgehead atoms. The smallest absolute Gasteiger partial charge is 0.251 e. The van der Waals surface area contributed by atoms with Gasteiger partial charge in [-0.25, -0.2) is 4.98 Å². The molecule has 3 aromatic rings. The Bertz CT molecular complexity index is 1030. The molecule has 4 rings (SSSR count). The summed E-state index contributed by atoms with van der Waals surface area (Å²) >= 11 is 1.60. The lowest BCUT2D eigenvalue weighted by Crippen LogP contribution is -2.24. The molecule has 2 amide bonds. The Morgan fingerprint density at radius 3 is 2.57 bits per heavy atom. The molecule has 0 aliphatic carbocycles. The minimum absolute atomic E-state index is 0.143. The maximum Gasteiger partial charge on any atom is 0.251 e. The van der Waals surface area contributed by atoms with Gasteiger partial charge in [-0.15, -0.1) is 11.3 Å². The van der Waals surface area contributed by atoms with E-state index in [-0.39, 0.29) is 11.8 Å². The first kappa shape index (κ1) is 20.1. The summed E-state index contributed by atoms with van der Waals surface area (Å²) < 4.78 is 5.71. The van der Waals surface area contributed by atoms with E-state index in [0.29, 0.717) is 30.9 Å². The summed E-state index contributed by atoms with van der Waals surface area (Å²) in [6.07, 6.45) is 1.52. The van der Waals surface area contributed by atoms with Gasteiger partial charge in [0.2, 0.25) is 5.91 Å². The lowest BCUT2D eigenvalue weighted by atomic mass is 10.1. The number of anilines is 1. The number of thiazole rings is 1. The van der Waals surface area contributed by atoms with E-state index >= 15 is 0 Å². The van der Waals surface area contributed by atoms with Gasteiger partial charge >= 0.3 is 0 Å². The number of amides is 2. The first-order valence-electron chi connectivity index (χ1n) is 9.90. The summed E-state index contributed by atoms with van der Waals surface area (Å²) in [6, 6.07) is 14.8. The molecule has 1 saturated heterocycles. The lowest BCUT2D eigenvalue weighted by Gasteiger charge is -2.16. The van der Waals surface area contributed by atoms with Crippen molar-refractivity contribution in [3.05, 3.63) is 75.7 Å². The molecule has 1 N–H and O–H groups in total. The SMILES string of the molecule is Cc1nc(COc2ccc(C(=O)NCc3ccc(N4CCCC4=O)cc3)cc2)cs1. The van der Waals surface area contributed by atoms with Gasteiger partial charge in [0, 0.05) is 36.1 Å². The van der Waals surface area contributed by atoms with Crippen molar-refractivity contribution in [3.8, 4) is 5.75 Å². The first-order valence-corrected chi connectivity index (χ1v) is 10.8. The summed E-state index contributed by atoms with van der Waals surface area (Å²) in [4.78, 5) is 30.4. The number of hydrogen-bond donors (Lipinski definition) is 1. The highest BCUT2D eigenvalue weighted by atomic mass is 32.1. The topological polar surface area (TPSA) is 71.5 Å². The number of ether oxygens (including phenoxy) is 1. The van der Waals surface area contributed by atoms with Crippen molar-refractivity contribution in [2.75, 3.05) is 11.4 Å². The Hall–Kier alpha value is -3.19. The number of hydrogen-bond acceptors (Lipinski definition) is 5. The van der Waals surface area contributed by atoms with Gasteiger partial charge in [0.1, 0.15) is 12.4 Å². The van der Waals surface area contributed by atoms with Crippen LogP contribution in [0.25, 0.3) is 0 Å². The minimum atomic E-state index is -0.143. The normalized spacial score (nSPS) is 13.5. The second-order valence-corrected chi connectivity index (χ2v) is 8.23. The van der Waals surface area contributed by atoms with Crippen LogP contribution in [0.4, 0.5) is 5.69 Å². The van der Waals surface area contributed by atoms with Gasteiger partial charge in [-0.2, -0.15) is 0 Å². The molecule has 0 unspecified atom stereocenters. The molecule has 2 heterocycles. The zero-order valence-corrected chi connectivity index (χ0v) is 17.6. The summed E-state index contributed by atoms with van der Waals surface area (Å²) in [5.74, 6) is 0.727. The van der Waals surface area contributed by atoms with Crippen LogP contribution >= 0.6 is 11.3 Å². The Balaban J connectivity index is 1.28. The molecule has 1 aliphatic heterocycles. The molecule has 1 aromatic heterocycles. The highest BCUT2D eigenvalue weighted by molar-refractivity contribution is 7.09. The quantitative estimate of drug-likeness (QED) is 0.624. The molecule has 6 nitrogen and oxygen atoms in total. The third kappa shape index (κ3) is 4.86. The van der Waals surface area contributed by atoms with Gasteiger partial charge < -0.3 is 15.0 Å². The van der Waals surface area contributed by atoms with Crippen LogP contribution in [0.5, 0.6) is 5.75 Å². The summed E-state index contributed by atoms with van der Waals surface area (Å²) in [5, 5.41) is 5.92. The van der Waals surface area contributed by atoms with E-state index in [1.165, 1.54) is 0 Å². The monoisotopic (exact) mass is 421 g/mol. The number of aryl methyl sites for hydroxylation is 1. The molecule has 7 heteroatoms. The molecular formula is C23H23N3O3S. The van der Waals surface area contributed by atoms with E-state index in [0.717, 1.165) is 34.9 Å². The molecule has 0 saturated carbocycles. The van der Waals surface area contributed by atoms with Crippen molar-refractivity contribution < 1.29 is 14.3 Å². The van der Waals surface area contributed by atoms with Crippen molar-refractivity contribution in [1.29, 1.82) is 0 Å². The number of rotatable bonds is 7. The van der Waals surface area contributed by atoms with Crippen LogP contribution in [0, 0.1) is 6.92 Å². The molecule has 2 aromatic carbocycles. The molecule has 30 heavy (non-hydrogen) atoms. The predicted molar refractivity (Wildman–Crippen MR) is 117 cm³/mol. The Kier molecular flexibility index (Phi) is 6.09. The van der Waals surface area contributed by atoms with Crippen molar-refractivity contribution >= 4 is 28.8 Å². The van der Waals surface area contributed by atoms with Crippen molar-refractivity contribution in [1.82, 2.24) is 10.3 Å². The van der Waals surface area contributed by atoms with Gasteiger partial charge in [-0.1, -0.05) is 12.1 Å². The van der Waals surface area contributed by atoms with E-state index in [1.807, 2.05) is 41.5 Å². The third-order valence-corrected chi connectivity index (χ3v) is 5.77. The van der Waals surface area contributed by atoms with E-state index in [9.17, 15) is 9.59 Å². The molecule has 0 spiro atoms. The zero-order valence-electron chi connectivity index (χ0n) is 16.8. The van der Waals surface area contributed by atoms with Gasteiger partial charge in [0.25, 0.3) is 5.91 Å². The fourth-order valence-electron chi connectivity index (χ4n) is 3.33. The van der Waals surface area contributed by atoms with E-state index in [2.05, 4.69) is 10.3 Å². The highest BCUT2D eigenvalue weighted by Gasteiger charge is 2.21. The van der Waals surface area contributed by atoms with Crippen LogP contribution in [-0.4, -0.2) is 23.3 Å². The van der Waals surface area contributed by atoms with Crippen LogP contribution in [0.2, 0.25) is 0 Å². The van der Waals surface area contributed by atoms with E-state index < -0.39 is 0 Å². The maximum atomic E-state index is 12.4. The summed E-state index contributed by atoms with van der Waals surface area (Å²) in [6.45, 7) is 3.58. The Morgan fingerprint density at radius 2 is 1.93 bits per heavy atom. The Labute approximate surface area is 179 Å². The lowest BCUT2D eigenvalue weighted by molar-refractivity contribution is -0.117. The van der Waals surface area contributed by atoms with Crippen LogP contribution in [-0.2, 0) is 17.9 Å². The number of carbonyl (C=O) groups is 2. The van der Waals surface area contributed by atoms with Gasteiger partial charge in [-0.3, -0.25) is 9.59 Å². The predicted octanol–water partition coefficient (Wildman–Crippen LogP) is 4.09. The molecule has 1 aliphatic rings. The molecule has 0 radical (unpaired) electrons. The average Bonchev–Trinajstić information content (AvgIpc) is 3.39. The molecular weight excluding hydrogens is 398 g/mol. The third-order valence-electron chi connectivity index (χ3n) is 4.94. The fourth-order valence-corrected chi connectivity index (χ4v) is 3.93. The van der Waals surface area contributed by atoms with Crippen molar-refractivity contribution in [2.45, 2.75) is 32.9 Å². The fraction of sp³-hybridized carbons (Fsp3) is 0.261. The van der Waals surface area contributed by atoms with Crippen LogP contribution in [0.3, 0.4) is 0 Å². The van der Waals surface area contributed by atoms with E-state index in [1.54, 1.807) is 35.6 Å². The van der Waals surface area contributed by atoms with Gasteiger partial charge in [0.15, 0.2) is 0 Å². The number of benzene rings is 2. The zero-order chi connectivity index (χ0) is 20.9. The van der Waals surface area contributed by atoms with Crippen LogP contribution in [0.15, 0.2) is 53.9 Å². The van der Waals surface area contributed by atoms with Crippen LogP contribution < -0.4 is 15.0 Å². The summed E-state index contributed by atoms with van der Waals surface area (Å²) in [7, 11) is 0. The molecule has 154 valence electrons. The van der Waals surface area contributed by atoms with Crippen LogP contribution in [0.1, 0.15) is 39.5 Å². The number of carbonyl (C=O) groups excluding carboxylic acids is 2. The van der Waals surface area contributed by atoms with Crippen molar-refractivity contribution in [3.63, 3.8) is 0 Å². The molecule has 1 fully saturated rings. The standard InChI is InChI=1S/C23H23N3O3S/c1-16-25-19(15-30-16)14-29-21-10-6-18(7-11-21)23(28)24-13-17-4-8-20(9-5-17)26-12-2-3-22(26)27/h4-11,15H,2-3,12-14H2,1H3,(H,24,28). The minimum Gasteiger partial charge on any atom is -0.487 e. The average molecular weight is 422 g/mol. The first-order chi connectivity index (χ1) is 14.6. The second-order valence-electron chi connectivity index (χ2n) is 7.17. The number of nitrogens with one attached hydrogen (secondary N) is 1. The van der Waals surface area contributed by atoms with Crippen molar-refractivity contribution in [2.24, 2.45) is 0 Å². The van der Waals surface area contributed by atoms with Gasteiger partial charge in [0.05, 0.1) is 10.7 Å².